The number of hydrogen-bond donors (Lipinski definition) is 0. The summed E-state index contributed by atoms with van der Waals surface area (Å²) in [5.41, 5.74) is 0.389. The Kier molecular flexibility index (Phi) is 11.4. The first-order valence-electron chi connectivity index (χ1n) is 14.3. The van der Waals surface area contributed by atoms with Gasteiger partial charge in [0, 0.05) is 0 Å². The van der Waals surface area contributed by atoms with Crippen LogP contribution in [0.3, 0.4) is 0 Å². The molecule has 0 spiro atoms. The Hall–Kier alpha value is 0.926. The fraction of sp³-hybridized carbons (Fsp3) is 0.967. The largest absolute Gasteiger partial charge is 2.00 e. The van der Waals surface area contributed by atoms with Crippen molar-refractivity contribution in [1.29, 1.82) is 0 Å². The van der Waals surface area contributed by atoms with E-state index in [1.807, 2.05) is 0 Å². The molecule has 0 saturated heterocycles. The first-order chi connectivity index (χ1) is 15.5. The average Bonchev–Trinajstić information content (AvgIpc) is 3.25. The zero-order chi connectivity index (χ0) is 24.0. The van der Waals surface area contributed by atoms with E-state index in [1.165, 1.54) is 57.8 Å². The molecule has 4 aliphatic carbocycles. The van der Waals surface area contributed by atoms with Crippen LogP contribution in [-0.2, 0) is 9.53 Å². The number of fused-ring (bicyclic) bond motifs is 5. The molecule has 3 nitrogen and oxygen atoms in total. The molecule has 0 unspecified atom stereocenters. The molecular formula is C30H51IMgO3. The first-order valence-corrected chi connectivity index (χ1v) is 14.3. The Balaban J connectivity index is 0.00000216. The maximum atomic E-state index is 12.9. The molecule has 0 heterocycles. The van der Waals surface area contributed by atoms with Gasteiger partial charge in [-0.15, -0.1) is 6.61 Å². The number of halogens is 1. The van der Waals surface area contributed by atoms with E-state index in [4.69, 9.17) is 4.74 Å². The van der Waals surface area contributed by atoms with Crippen molar-refractivity contribution in [2.75, 3.05) is 13.2 Å². The zero-order valence-corrected chi connectivity index (χ0v) is 27.1. The maximum absolute atomic E-state index is 12.9. The van der Waals surface area contributed by atoms with Crippen LogP contribution in [0, 0.1) is 57.7 Å². The van der Waals surface area contributed by atoms with Gasteiger partial charge in [0.05, 0.1) is 12.0 Å². The van der Waals surface area contributed by atoms with E-state index in [2.05, 4.69) is 41.5 Å². The molecule has 0 aliphatic heterocycles. The van der Waals surface area contributed by atoms with Crippen molar-refractivity contribution in [2.24, 2.45) is 57.7 Å². The number of carbonyl (C=O) groups is 1. The van der Waals surface area contributed by atoms with Gasteiger partial charge >= 0.3 is 29.0 Å². The molecule has 0 radical (unpaired) electrons. The molecule has 5 heteroatoms. The number of esters is 1. The van der Waals surface area contributed by atoms with Crippen molar-refractivity contribution in [3.8, 4) is 0 Å². The molecule has 4 fully saturated rings. The Bertz CT molecular complexity index is 716. The topological polar surface area (TPSA) is 49.4 Å². The van der Waals surface area contributed by atoms with Crippen molar-refractivity contribution >= 4 is 29.0 Å². The molecule has 9 atom stereocenters. The molecule has 0 aromatic heterocycles. The number of ether oxygens (including phenoxy) is 1. The van der Waals surface area contributed by atoms with Crippen LogP contribution >= 0.6 is 0 Å². The summed E-state index contributed by atoms with van der Waals surface area (Å²) in [5, 5.41) is 10.9. The number of rotatable bonds is 8. The van der Waals surface area contributed by atoms with Crippen LogP contribution in [0.1, 0.15) is 112 Å². The van der Waals surface area contributed by atoms with E-state index in [-0.39, 0.29) is 71.6 Å². The van der Waals surface area contributed by atoms with Crippen LogP contribution in [0.4, 0.5) is 0 Å². The SMILES string of the molecule is CC(C)CCC[C@@H](C)[C@H]1CC[C@H]2[C@@H]3CC[C@H]4C[C@@](C)(C(=O)OCC[O-])C[C@]4(C)[C@H]3CC[C@]12C.[I-].[Mg+2]. The number of carbonyl (C=O) groups excluding carboxylic acids is 1. The van der Waals surface area contributed by atoms with Crippen molar-refractivity contribution < 1.29 is 38.6 Å². The van der Waals surface area contributed by atoms with Crippen LogP contribution in [0.25, 0.3) is 0 Å². The zero-order valence-electron chi connectivity index (χ0n) is 23.5. The van der Waals surface area contributed by atoms with Gasteiger partial charge in [-0.2, -0.15) is 0 Å². The molecule has 4 rings (SSSR count). The van der Waals surface area contributed by atoms with Gasteiger partial charge in [-0.3, -0.25) is 4.79 Å². The Morgan fingerprint density at radius 3 is 2.31 bits per heavy atom. The predicted molar refractivity (Wildman–Crippen MR) is 138 cm³/mol. The molecule has 35 heavy (non-hydrogen) atoms. The first kappa shape index (κ1) is 32.1. The van der Waals surface area contributed by atoms with Crippen LogP contribution in [0.2, 0.25) is 0 Å². The van der Waals surface area contributed by atoms with Gasteiger partial charge in [-0.1, -0.05) is 53.9 Å². The van der Waals surface area contributed by atoms with E-state index >= 15 is 0 Å². The summed E-state index contributed by atoms with van der Waals surface area (Å²) in [5.74, 6) is 5.60. The smallest absolute Gasteiger partial charge is 1.00 e. The summed E-state index contributed by atoms with van der Waals surface area (Å²) in [6.45, 7) is 14.3. The third-order valence-corrected chi connectivity index (χ3v) is 11.5. The normalized spacial score (nSPS) is 42.8. The predicted octanol–water partition coefficient (Wildman–Crippen LogP) is 3.25. The van der Waals surface area contributed by atoms with Gasteiger partial charge < -0.3 is 33.8 Å². The van der Waals surface area contributed by atoms with E-state index in [0.29, 0.717) is 11.3 Å². The van der Waals surface area contributed by atoms with E-state index in [1.54, 1.807) is 0 Å². The van der Waals surface area contributed by atoms with Crippen LogP contribution in [-0.4, -0.2) is 42.2 Å². The second-order valence-corrected chi connectivity index (χ2v) is 14.0. The molecule has 0 bridgehead atoms. The average molecular weight is 611 g/mol. The minimum Gasteiger partial charge on any atom is -1.00 e. The summed E-state index contributed by atoms with van der Waals surface area (Å²) >= 11 is 0. The Morgan fingerprint density at radius 2 is 1.66 bits per heavy atom. The van der Waals surface area contributed by atoms with Gasteiger partial charge in [0.2, 0.25) is 0 Å². The summed E-state index contributed by atoms with van der Waals surface area (Å²) in [4.78, 5) is 12.9. The molecular weight excluding hydrogens is 560 g/mol. The van der Waals surface area contributed by atoms with Gasteiger partial charge in [-0.05, 0) is 111 Å². The van der Waals surface area contributed by atoms with Gasteiger partial charge in [0.25, 0.3) is 0 Å². The monoisotopic (exact) mass is 610 g/mol. The molecule has 4 aliphatic rings. The fourth-order valence-electron chi connectivity index (χ4n) is 10.1. The van der Waals surface area contributed by atoms with E-state index in [0.717, 1.165) is 48.3 Å². The molecule has 0 amide bonds. The van der Waals surface area contributed by atoms with Gasteiger partial charge in [0.15, 0.2) is 0 Å². The summed E-state index contributed by atoms with van der Waals surface area (Å²) in [7, 11) is 0. The Labute approximate surface area is 249 Å². The molecule has 198 valence electrons. The van der Waals surface area contributed by atoms with Crippen molar-refractivity contribution in [2.45, 2.75) is 112 Å². The minimum absolute atomic E-state index is 0. The van der Waals surface area contributed by atoms with Crippen molar-refractivity contribution in [3.05, 3.63) is 0 Å². The van der Waals surface area contributed by atoms with Gasteiger partial charge in [0.1, 0.15) is 0 Å². The third kappa shape index (κ3) is 5.93. The van der Waals surface area contributed by atoms with E-state index < -0.39 is 5.41 Å². The van der Waals surface area contributed by atoms with Crippen LogP contribution in [0.5, 0.6) is 0 Å². The fourth-order valence-corrected chi connectivity index (χ4v) is 10.1. The molecule has 4 saturated carbocycles. The summed E-state index contributed by atoms with van der Waals surface area (Å²) in [6.07, 6.45) is 14.3. The number of hydrogen-bond acceptors (Lipinski definition) is 3. The molecule has 0 aromatic carbocycles. The van der Waals surface area contributed by atoms with E-state index in [9.17, 15) is 9.90 Å². The second kappa shape index (κ2) is 12.4. The minimum atomic E-state index is -0.395. The summed E-state index contributed by atoms with van der Waals surface area (Å²) < 4.78 is 5.39. The second-order valence-electron chi connectivity index (χ2n) is 14.0. The quantitative estimate of drug-likeness (QED) is 0.241. The maximum Gasteiger partial charge on any atom is 2.00 e. The standard InChI is InChI=1S/C30H51O3.HI.Mg/c1-20(2)8-7-9-21(3)24-12-13-25-23-11-10-22-18-28(4,27(32)33-17-16-31)19-30(22,6)26(23)14-15-29(24,25)5;;/h20-26H,7-19H2,1-6H3;1H;/q-1;;+2/p-1/t21-,22+,23+,24-,25+,26+,28-,29-,30+;;/m1../s1. The van der Waals surface area contributed by atoms with Crippen molar-refractivity contribution in [3.63, 3.8) is 0 Å². The van der Waals surface area contributed by atoms with Crippen LogP contribution < -0.4 is 29.1 Å². The third-order valence-electron chi connectivity index (χ3n) is 11.5. The summed E-state index contributed by atoms with van der Waals surface area (Å²) in [6, 6.07) is 0. The molecule has 0 aromatic rings. The van der Waals surface area contributed by atoms with Crippen LogP contribution in [0.15, 0.2) is 0 Å². The Morgan fingerprint density at radius 1 is 0.971 bits per heavy atom. The van der Waals surface area contributed by atoms with Gasteiger partial charge in [-0.25, -0.2) is 0 Å². The van der Waals surface area contributed by atoms with Crippen molar-refractivity contribution in [1.82, 2.24) is 0 Å². The molecule has 0 N–H and O–H groups in total.